The quantitative estimate of drug-likeness (QED) is 0.186. The molecule has 1 N–H and O–H groups in total. The van der Waals surface area contributed by atoms with Crippen LogP contribution in [0, 0.1) is 5.92 Å². The molecule has 1 aliphatic carbocycles. The van der Waals surface area contributed by atoms with Crippen LogP contribution in [0.25, 0.3) is 79.0 Å². The third kappa shape index (κ3) is 5.25. The minimum atomic E-state index is -0.114. The molecular formula is C51H34N4S2. The average Bonchev–Trinajstić information content (AvgIpc) is 3.96. The number of rotatable bonds is 5. The lowest BCUT2D eigenvalue weighted by atomic mass is 9.96. The van der Waals surface area contributed by atoms with Gasteiger partial charge in [-0.1, -0.05) is 121 Å². The van der Waals surface area contributed by atoms with E-state index in [1.165, 1.54) is 79.0 Å². The molecule has 0 fully saturated rings. The first-order valence-corrected chi connectivity index (χ1v) is 21.1. The molecule has 0 bridgehead atoms. The van der Waals surface area contributed by atoms with E-state index < -0.39 is 0 Å². The molecule has 57 heavy (non-hydrogen) atoms. The lowest BCUT2D eigenvalue weighted by Gasteiger charge is -2.28. The van der Waals surface area contributed by atoms with Gasteiger partial charge in [-0.15, -0.1) is 22.7 Å². The first-order chi connectivity index (χ1) is 28.2. The van der Waals surface area contributed by atoms with Crippen molar-refractivity contribution in [2.75, 3.05) is 0 Å². The number of thiophene rings is 2. The van der Waals surface area contributed by atoms with Gasteiger partial charge in [0.1, 0.15) is 12.0 Å². The fourth-order valence-corrected chi connectivity index (χ4v) is 11.2. The summed E-state index contributed by atoms with van der Waals surface area (Å²) in [7, 11) is 0. The van der Waals surface area contributed by atoms with E-state index in [9.17, 15) is 0 Å². The van der Waals surface area contributed by atoms with Crippen LogP contribution in [0.1, 0.15) is 17.5 Å². The number of amidine groups is 2. The Morgan fingerprint density at radius 2 is 1.28 bits per heavy atom. The van der Waals surface area contributed by atoms with E-state index in [2.05, 4.69) is 180 Å². The molecule has 2 aliphatic rings. The SMILES string of the molecule is C1=CCC(C2N=C(c3ccccc3)N=C(c3cccc4c3sc3cccc(-c5ccc6sc7ccc(-n8c9ccccc9c9ccccc98)cc7c6c5)c34)N2)C=C1. The Bertz CT molecular complexity index is 3320. The van der Waals surface area contributed by atoms with Gasteiger partial charge in [-0.25, -0.2) is 9.98 Å². The summed E-state index contributed by atoms with van der Waals surface area (Å²) in [6.07, 6.45) is 9.57. The number of hydrogen-bond acceptors (Lipinski definition) is 5. The Labute approximate surface area is 337 Å². The third-order valence-corrected chi connectivity index (χ3v) is 14.0. The van der Waals surface area contributed by atoms with Gasteiger partial charge in [0.25, 0.3) is 0 Å². The fraction of sp³-hybridized carbons (Fsp3) is 0.0588. The van der Waals surface area contributed by atoms with Gasteiger partial charge >= 0.3 is 0 Å². The molecule has 270 valence electrons. The molecule has 0 radical (unpaired) electrons. The van der Waals surface area contributed by atoms with Gasteiger partial charge in [0.15, 0.2) is 5.84 Å². The van der Waals surface area contributed by atoms with Crippen LogP contribution in [0.2, 0.25) is 0 Å². The first-order valence-electron chi connectivity index (χ1n) is 19.5. The van der Waals surface area contributed by atoms with Crippen LogP contribution in [0.4, 0.5) is 0 Å². The Morgan fingerprint density at radius 1 is 0.561 bits per heavy atom. The normalized spacial score (nSPS) is 16.9. The lowest BCUT2D eigenvalue weighted by molar-refractivity contribution is 0.475. The molecular weight excluding hydrogens is 733 g/mol. The van der Waals surface area contributed by atoms with Crippen molar-refractivity contribution in [3.05, 3.63) is 187 Å². The van der Waals surface area contributed by atoms with Crippen LogP contribution in [0.5, 0.6) is 0 Å². The number of hydrogen-bond donors (Lipinski definition) is 1. The van der Waals surface area contributed by atoms with E-state index in [1.807, 2.05) is 28.7 Å². The zero-order valence-corrected chi connectivity index (χ0v) is 32.4. The standard InChI is InChI=1S/C51H34N4S2/c1-3-13-31(14-4-1)49-52-50(32-15-5-2-6-16-32)54-51(53-49)39-21-11-20-38-47-35(19-12-24-46(47)57-48(38)39)33-25-27-44-40(29-33)41-30-34(26-28-45(41)56-44)55-42-22-9-7-17-36(42)37-18-8-10-23-43(37)55/h1-15,17-30,32,50H,16H2,(H,52,53,54). The van der Waals surface area contributed by atoms with Gasteiger partial charge in [0, 0.05) is 73.8 Å². The van der Waals surface area contributed by atoms with Crippen LogP contribution < -0.4 is 5.32 Å². The maximum Gasteiger partial charge on any atom is 0.159 e. The molecule has 0 saturated heterocycles. The van der Waals surface area contributed by atoms with Gasteiger partial charge in [0.05, 0.1) is 11.0 Å². The summed E-state index contributed by atoms with van der Waals surface area (Å²) >= 11 is 3.72. The Kier molecular flexibility index (Phi) is 7.43. The predicted molar refractivity (Wildman–Crippen MR) is 245 cm³/mol. The number of nitrogens with zero attached hydrogens (tertiary/aromatic N) is 3. The summed E-state index contributed by atoms with van der Waals surface area (Å²) in [5.41, 5.74) is 8.25. The summed E-state index contributed by atoms with van der Waals surface area (Å²) in [5, 5.41) is 11.4. The van der Waals surface area contributed by atoms with Crippen molar-refractivity contribution in [1.82, 2.24) is 9.88 Å². The number of benzene rings is 7. The lowest BCUT2D eigenvalue weighted by Crippen LogP contribution is -2.43. The molecule has 12 rings (SSSR count). The number of para-hydroxylation sites is 2. The number of allylic oxidation sites excluding steroid dienone is 3. The van der Waals surface area contributed by atoms with Gasteiger partial charge in [-0.2, -0.15) is 0 Å². The van der Waals surface area contributed by atoms with Crippen LogP contribution in [-0.2, 0) is 0 Å². The van der Waals surface area contributed by atoms with Crippen molar-refractivity contribution in [2.45, 2.75) is 12.6 Å². The van der Waals surface area contributed by atoms with E-state index >= 15 is 0 Å². The second-order valence-electron chi connectivity index (χ2n) is 14.9. The minimum absolute atomic E-state index is 0.114. The van der Waals surface area contributed by atoms with Crippen LogP contribution in [-0.4, -0.2) is 22.4 Å². The Morgan fingerprint density at radius 3 is 2.09 bits per heavy atom. The number of fused-ring (bicyclic) bond motifs is 9. The Hall–Kier alpha value is -6.60. The summed E-state index contributed by atoms with van der Waals surface area (Å²) in [6, 6.07) is 55.3. The van der Waals surface area contributed by atoms with Crippen molar-refractivity contribution in [3.8, 4) is 16.8 Å². The fourth-order valence-electron chi connectivity index (χ4n) is 8.92. The molecule has 4 heterocycles. The largest absolute Gasteiger partial charge is 0.347 e. The molecule has 0 amide bonds. The highest BCUT2D eigenvalue weighted by molar-refractivity contribution is 7.26. The minimum Gasteiger partial charge on any atom is -0.347 e. The highest BCUT2D eigenvalue weighted by Crippen LogP contribution is 2.44. The summed E-state index contributed by atoms with van der Waals surface area (Å²) < 4.78 is 7.51. The molecule has 7 aromatic carbocycles. The van der Waals surface area contributed by atoms with E-state index in [1.54, 1.807) is 0 Å². The average molecular weight is 767 g/mol. The van der Waals surface area contributed by atoms with Crippen molar-refractivity contribution in [2.24, 2.45) is 15.9 Å². The molecule has 2 unspecified atom stereocenters. The molecule has 3 aromatic heterocycles. The van der Waals surface area contributed by atoms with Crippen molar-refractivity contribution in [3.63, 3.8) is 0 Å². The van der Waals surface area contributed by atoms with Crippen LogP contribution in [0.3, 0.4) is 0 Å². The molecule has 2 atom stereocenters. The monoisotopic (exact) mass is 766 g/mol. The highest BCUT2D eigenvalue weighted by Gasteiger charge is 2.27. The zero-order valence-electron chi connectivity index (χ0n) is 30.8. The van der Waals surface area contributed by atoms with Crippen molar-refractivity contribution < 1.29 is 0 Å². The Balaban J connectivity index is 0.995. The maximum atomic E-state index is 5.20. The third-order valence-electron chi connectivity index (χ3n) is 11.6. The van der Waals surface area contributed by atoms with Gasteiger partial charge in [0.2, 0.25) is 0 Å². The van der Waals surface area contributed by atoms with Crippen molar-refractivity contribution >= 4 is 96.5 Å². The summed E-state index contributed by atoms with van der Waals surface area (Å²) in [5.74, 6) is 1.89. The number of nitrogens with one attached hydrogen (secondary N) is 1. The topological polar surface area (TPSA) is 41.7 Å². The van der Waals surface area contributed by atoms with Gasteiger partial charge in [-0.3, -0.25) is 0 Å². The van der Waals surface area contributed by atoms with Crippen LogP contribution >= 0.6 is 22.7 Å². The maximum absolute atomic E-state index is 5.20. The van der Waals surface area contributed by atoms with E-state index in [0.717, 1.165) is 29.2 Å². The second kappa shape index (κ2) is 13.0. The molecule has 10 aromatic rings. The predicted octanol–water partition coefficient (Wildman–Crippen LogP) is 13.4. The number of aromatic nitrogens is 1. The first kappa shape index (κ1) is 32.6. The molecule has 4 nitrogen and oxygen atoms in total. The van der Waals surface area contributed by atoms with E-state index in [0.29, 0.717) is 0 Å². The smallest absolute Gasteiger partial charge is 0.159 e. The zero-order chi connectivity index (χ0) is 37.5. The summed E-state index contributed by atoms with van der Waals surface area (Å²) in [6.45, 7) is 0. The molecule has 6 heteroatoms. The molecule has 0 saturated carbocycles. The summed E-state index contributed by atoms with van der Waals surface area (Å²) in [4.78, 5) is 10.4. The highest BCUT2D eigenvalue weighted by atomic mass is 32.1. The van der Waals surface area contributed by atoms with E-state index in [-0.39, 0.29) is 12.1 Å². The second-order valence-corrected chi connectivity index (χ2v) is 17.0. The van der Waals surface area contributed by atoms with Gasteiger partial charge < -0.3 is 9.88 Å². The van der Waals surface area contributed by atoms with E-state index in [4.69, 9.17) is 9.98 Å². The molecule has 1 aliphatic heterocycles. The van der Waals surface area contributed by atoms with Gasteiger partial charge in [-0.05, 0) is 72.1 Å². The van der Waals surface area contributed by atoms with Crippen LogP contribution in [0.15, 0.2) is 186 Å². The molecule has 0 spiro atoms. The number of aliphatic imine (C=N–C) groups is 2. The van der Waals surface area contributed by atoms with Crippen molar-refractivity contribution in [1.29, 1.82) is 0 Å².